The van der Waals surface area contributed by atoms with Gasteiger partial charge in [-0.3, -0.25) is 0 Å². The van der Waals surface area contributed by atoms with E-state index in [0.29, 0.717) is 5.16 Å². The van der Waals surface area contributed by atoms with E-state index in [1.807, 2.05) is 20.1 Å². The molecule has 72 valence electrons. The van der Waals surface area contributed by atoms with Crippen LogP contribution in [0.5, 0.6) is 6.01 Å². The molecule has 0 aliphatic carbocycles. The van der Waals surface area contributed by atoms with Crippen LogP contribution >= 0.6 is 11.8 Å². The second-order valence-corrected chi connectivity index (χ2v) is 3.40. The van der Waals surface area contributed by atoms with E-state index in [4.69, 9.17) is 10.5 Å². The van der Waals surface area contributed by atoms with Crippen molar-refractivity contribution in [3.63, 3.8) is 0 Å². The van der Waals surface area contributed by atoms with Crippen LogP contribution in [0, 0.1) is 0 Å². The quantitative estimate of drug-likeness (QED) is 0.733. The van der Waals surface area contributed by atoms with Gasteiger partial charge in [-0.2, -0.15) is 15.0 Å². The van der Waals surface area contributed by atoms with Crippen LogP contribution in [-0.4, -0.2) is 27.3 Å². The molecule has 5 nitrogen and oxygen atoms in total. The molecule has 1 rings (SSSR count). The molecule has 0 saturated carbocycles. The average Bonchev–Trinajstić information content (AvgIpc) is 2.01. The number of aromatic nitrogens is 3. The first-order chi connectivity index (χ1) is 6.11. The molecule has 0 saturated heterocycles. The van der Waals surface area contributed by atoms with E-state index >= 15 is 0 Å². The zero-order chi connectivity index (χ0) is 9.84. The summed E-state index contributed by atoms with van der Waals surface area (Å²) in [5, 5.41) is 0.572. The van der Waals surface area contributed by atoms with Crippen LogP contribution in [0.15, 0.2) is 5.16 Å². The van der Waals surface area contributed by atoms with E-state index in [-0.39, 0.29) is 18.1 Å². The lowest BCUT2D eigenvalue weighted by Gasteiger charge is -2.07. The predicted molar refractivity (Wildman–Crippen MR) is 51.8 cm³/mol. The fraction of sp³-hybridized carbons (Fsp3) is 0.571. The second-order valence-electron chi connectivity index (χ2n) is 2.63. The minimum Gasteiger partial charge on any atom is -0.461 e. The standard InChI is InChI=1S/C7H12N4OS/c1-4(2)12-6-9-5(8)10-7(11-6)13-3/h4H,1-3H3,(H2,8,9,10,11). The lowest BCUT2D eigenvalue weighted by Crippen LogP contribution is -2.10. The van der Waals surface area contributed by atoms with Gasteiger partial charge in [0.05, 0.1) is 6.10 Å². The summed E-state index contributed by atoms with van der Waals surface area (Å²) in [6.45, 7) is 3.80. The Balaban J connectivity index is 2.88. The van der Waals surface area contributed by atoms with Crippen LogP contribution in [0.4, 0.5) is 5.95 Å². The van der Waals surface area contributed by atoms with Crippen molar-refractivity contribution in [1.29, 1.82) is 0 Å². The van der Waals surface area contributed by atoms with E-state index in [2.05, 4.69) is 15.0 Å². The van der Waals surface area contributed by atoms with Crippen LogP contribution in [0.2, 0.25) is 0 Å². The van der Waals surface area contributed by atoms with Gasteiger partial charge in [0.2, 0.25) is 5.95 Å². The smallest absolute Gasteiger partial charge is 0.322 e. The van der Waals surface area contributed by atoms with E-state index in [9.17, 15) is 0 Å². The largest absolute Gasteiger partial charge is 0.461 e. The summed E-state index contributed by atoms with van der Waals surface area (Å²) in [4.78, 5) is 11.8. The first-order valence-corrected chi connectivity index (χ1v) is 5.06. The Hall–Kier alpha value is -1.04. The molecule has 0 atom stereocenters. The summed E-state index contributed by atoms with van der Waals surface area (Å²) in [5.74, 6) is 0.190. The summed E-state index contributed by atoms with van der Waals surface area (Å²) in [7, 11) is 0. The van der Waals surface area contributed by atoms with Crippen molar-refractivity contribution in [2.45, 2.75) is 25.1 Å². The molecule has 1 aromatic heterocycles. The molecule has 0 unspecified atom stereocenters. The first-order valence-electron chi connectivity index (χ1n) is 3.84. The molecule has 1 aromatic rings. The Bertz CT molecular complexity index is 292. The molecule has 1 heterocycles. The number of rotatable bonds is 3. The zero-order valence-electron chi connectivity index (χ0n) is 7.81. The van der Waals surface area contributed by atoms with Crippen LogP contribution < -0.4 is 10.5 Å². The van der Waals surface area contributed by atoms with Gasteiger partial charge >= 0.3 is 6.01 Å². The van der Waals surface area contributed by atoms with Crippen LogP contribution in [-0.2, 0) is 0 Å². The lowest BCUT2D eigenvalue weighted by molar-refractivity contribution is 0.219. The van der Waals surface area contributed by atoms with Crippen LogP contribution in [0.3, 0.4) is 0 Å². The molecular weight excluding hydrogens is 188 g/mol. The van der Waals surface area contributed by atoms with Crippen LogP contribution in [0.25, 0.3) is 0 Å². The van der Waals surface area contributed by atoms with Gasteiger partial charge in [-0.1, -0.05) is 11.8 Å². The van der Waals surface area contributed by atoms with Crippen molar-refractivity contribution < 1.29 is 4.74 Å². The topological polar surface area (TPSA) is 73.9 Å². The van der Waals surface area contributed by atoms with Gasteiger partial charge in [0, 0.05) is 0 Å². The summed E-state index contributed by atoms with van der Waals surface area (Å²) < 4.78 is 5.28. The van der Waals surface area contributed by atoms with E-state index in [0.717, 1.165) is 0 Å². The maximum Gasteiger partial charge on any atom is 0.322 e. The third-order valence-electron chi connectivity index (χ3n) is 1.14. The van der Waals surface area contributed by atoms with E-state index in [1.165, 1.54) is 11.8 Å². The minimum atomic E-state index is 0.0384. The molecule has 13 heavy (non-hydrogen) atoms. The van der Waals surface area contributed by atoms with Crippen molar-refractivity contribution in [1.82, 2.24) is 15.0 Å². The van der Waals surface area contributed by atoms with Gasteiger partial charge in [-0.15, -0.1) is 0 Å². The van der Waals surface area contributed by atoms with Gasteiger partial charge in [0.15, 0.2) is 5.16 Å². The lowest BCUT2D eigenvalue weighted by atomic mass is 10.5. The summed E-state index contributed by atoms with van der Waals surface area (Å²) in [6.07, 6.45) is 1.91. The summed E-state index contributed by atoms with van der Waals surface area (Å²) >= 11 is 1.40. The Morgan fingerprint density at radius 1 is 1.31 bits per heavy atom. The highest BCUT2D eigenvalue weighted by Crippen LogP contribution is 2.13. The Morgan fingerprint density at radius 2 is 2.00 bits per heavy atom. The van der Waals surface area contributed by atoms with Crippen molar-refractivity contribution in [3.8, 4) is 6.01 Å². The van der Waals surface area contributed by atoms with E-state index < -0.39 is 0 Å². The van der Waals surface area contributed by atoms with Gasteiger partial charge in [-0.25, -0.2) is 0 Å². The van der Waals surface area contributed by atoms with Gasteiger partial charge in [0.1, 0.15) is 0 Å². The fourth-order valence-corrected chi connectivity index (χ4v) is 1.06. The van der Waals surface area contributed by atoms with Crippen molar-refractivity contribution >= 4 is 17.7 Å². The molecule has 0 bridgehead atoms. The number of thioether (sulfide) groups is 1. The molecule has 0 fully saturated rings. The molecule has 2 N–H and O–H groups in total. The van der Waals surface area contributed by atoms with Crippen molar-refractivity contribution in [2.24, 2.45) is 0 Å². The molecule has 0 aromatic carbocycles. The predicted octanol–water partition coefficient (Wildman–Crippen LogP) is 0.963. The number of anilines is 1. The SMILES string of the molecule is CSc1nc(N)nc(OC(C)C)n1. The average molecular weight is 200 g/mol. The molecule has 0 spiro atoms. The normalized spacial score (nSPS) is 10.5. The number of ether oxygens (including phenoxy) is 1. The number of hydrogen-bond donors (Lipinski definition) is 1. The number of nitrogens with zero attached hydrogens (tertiary/aromatic N) is 3. The third-order valence-corrected chi connectivity index (χ3v) is 1.68. The zero-order valence-corrected chi connectivity index (χ0v) is 8.63. The molecule has 6 heteroatoms. The highest BCUT2D eigenvalue weighted by atomic mass is 32.2. The Labute approximate surface area is 81.1 Å². The van der Waals surface area contributed by atoms with Gasteiger partial charge < -0.3 is 10.5 Å². The minimum absolute atomic E-state index is 0.0384. The number of nitrogens with two attached hydrogens (primary N) is 1. The van der Waals surface area contributed by atoms with Crippen molar-refractivity contribution in [3.05, 3.63) is 0 Å². The maximum atomic E-state index is 5.46. The highest BCUT2D eigenvalue weighted by Gasteiger charge is 2.05. The third kappa shape index (κ3) is 3.06. The molecule has 0 amide bonds. The van der Waals surface area contributed by atoms with E-state index in [1.54, 1.807) is 0 Å². The van der Waals surface area contributed by atoms with Gasteiger partial charge in [0.25, 0.3) is 0 Å². The maximum absolute atomic E-state index is 5.46. The number of nitrogen functional groups attached to an aromatic ring is 1. The first kappa shape index (κ1) is 10.0. The van der Waals surface area contributed by atoms with Crippen LogP contribution in [0.1, 0.15) is 13.8 Å². The summed E-state index contributed by atoms with van der Waals surface area (Å²) in [5.41, 5.74) is 5.46. The second kappa shape index (κ2) is 4.27. The molecular formula is C7H12N4OS. The highest BCUT2D eigenvalue weighted by molar-refractivity contribution is 7.98. The Morgan fingerprint density at radius 3 is 2.54 bits per heavy atom. The molecule has 0 radical (unpaired) electrons. The Kier molecular flexibility index (Phi) is 3.30. The fourth-order valence-electron chi connectivity index (χ4n) is 0.708. The monoisotopic (exact) mass is 200 g/mol. The van der Waals surface area contributed by atoms with Gasteiger partial charge in [-0.05, 0) is 20.1 Å². The molecule has 0 aliphatic rings. The number of hydrogen-bond acceptors (Lipinski definition) is 6. The van der Waals surface area contributed by atoms with Crippen molar-refractivity contribution in [2.75, 3.05) is 12.0 Å². The summed E-state index contributed by atoms with van der Waals surface area (Å²) in [6, 6.07) is 0.284. The molecule has 0 aliphatic heterocycles.